The summed E-state index contributed by atoms with van der Waals surface area (Å²) in [6.07, 6.45) is 9.62. The molecular weight excluding hydrogens is 326 g/mol. The molecule has 0 N–H and O–H groups in total. The Bertz CT molecular complexity index is 633. The summed E-state index contributed by atoms with van der Waals surface area (Å²) < 4.78 is 5.47. The fourth-order valence-electron chi connectivity index (χ4n) is 5.36. The number of nitrogens with zero attached hydrogens (tertiary/aromatic N) is 3. The molecule has 5 nitrogen and oxygen atoms in total. The number of amides is 1. The average molecular weight is 357 g/mol. The molecule has 3 heterocycles. The smallest absolute Gasteiger partial charge is 0.222 e. The monoisotopic (exact) mass is 357 g/mol. The van der Waals surface area contributed by atoms with Crippen molar-refractivity contribution in [1.82, 2.24) is 15.0 Å². The first-order chi connectivity index (χ1) is 12.7. The van der Waals surface area contributed by atoms with E-state index in [-0.39, 0.29) is 0 Å². The van der Waals surface area contributed by atoms with Crippen molar-refractivity contribution in [3.05, 3.63) is 17.5 Å². The van der Waals surface area contributed by atoms with Gasteiger partial charge in [-0.15, -0.1) is 0 Å². The minimum Gasteiger partial charge on any atom is -0.361 e. The molecule has 4 fully saturated rings. The highest BCUT2D eigenvalue weighted by atomic mass is 16.5. The van der Waals surface area contributed by atoms with Gasteiger partial charge in [-0.05, 0) is 69.4 Å². The Balaban J connectivity index is 1.06. The summed E-state index contributed by atoms with van der Waals surface area (Å²) in [7, 11) is 0. The van der Waals surface area contributed by atoms with Gasteiger partial charge in [-0.25, -0.2) is 0 Å². The van der Waals surface area contributed by atoms with Crippen molar-refractivity contribution in [2.75, 3.05) is 26.2 Å². The van der Waals surface area contributed by atoms with Crippen LogP contribution in [0, 0.1) is 17.8 Å². The zero-order chi connectivity index (χ0) is 17.5. The topological polar surface area (TPSA) is 49.6 Å². The van der Waals surface area contributed by atoms with E-state index in [1.807, 2.05) is 0 Å². The molecule has 1 amide bonds. The number of likely N-dealkylation sites (tertiary alicyclic amines) is 2. The van der Waals surface area contributed by atoms with E-state index in [9.17, 15) is 4.79 Å². The standard InChI is InChI=1S/C21H31N3O2/c25-21(24-12-17-2-1-3-18(17)13-24)10-15-6-8-23(9-7-15)14-19-11-20(26-22-19)16-4-5-16/h11,15-18H,1-10,12-14H2. The molecule has 0 aromatic carbocycles. The predicted molar refractivity (Wildman–Crippen MR) is 98.5 cm³/mol. The SMILES string of the molecule is O=C(CC1CCN(Cc2cc(C3CC3)on2)CC1)N1CC2CCCC2C1. The lowest BCUT2D eigenvalue weighted by molar-refractivity contribution is -0.131. The first-order valence-electron chi connectivity index (χ1n) is 10.7. The Morgan fingerprint density at radius 2 is 1.81 bits per heavy atom. The number of fused-ring (bicyclic) bond motifs is 1. The van der Waals surface area contributed by atoms with Crippen LogP contribution in [-0.2, 0) is 11.3 Å². The van der Waals surface area contributed by atoms with Gasteiger partial charge in [0.2, 0.25) is 5.91 Å². The summed E-state index contributed by atoms with van der Waals surface area (Å²) in [6.45, 7) is 5.13. The van der Waals surface area contributed by atoms with Crippen LogP contribution in [0.1, 0.15) is 68.7 Å². The fourth-order valence-corrected chi connectivity index (χ4v) is 5.36. The van der Waals surface area contributed by atoms with Crippen LogP contribution in [0.3, 0.4) is 0 Å². The molecule has 0 radical (unpaired) electrons. The molecule has 0 bridgehead atoms. The lowest BCUT2D eigenvalue weighted by atomic mass is 9.93. The highest BCUT2D eigenvalue weighted by Gasteiger charge is 2.38. The Morgan fingerprint density at radius 1 is 1.08 bits per heavy atom. The van der Waals surface area contributed by atoms with Gasteiger partial charge >= 0.3 is 0 Å². The van der Waals surface area contributed by atoms with E-state index >= 15 is 0 Å². The number of hydrogen-bond donors (Lipinski definition) is 0. The van der Waals surface area contributed by atoms with Gasteiger partial charge in [0, 0.05) is 38.0 Å². The van der Waals surface area contributed by atoms with Gasteiger partial charge in [0.25, 0.3) is 0 Å². The van der Waals surface area contributed by atoms with E-state index in [1.165, 1.54) is 32.1 Å². The minimum atomic E-state index is 0.420. The molecule has 2 saturated heterocycles. The van der Waals surface area contributed by atoms with Gasteiger partial charge in [-0.3, -0.25) is 9.69 Å². The second kappa shape index (κ2) is 6.99. The Morgan fingerprint density at radius 3 is 2.50 bits per heavy atom. The van der Waals surface area contributed by atoms with E-state index in [4.69, 9.17) is 4.52 Å². The summed E-state index contributed by atoms with van der Waals surface area (Å²) in [5.41, 5.74) is 1.07. The van der Waals surface area contributed by atoms with Gasteiger partial charge in [0.05, 0.1) is 5.69 Å². The maximum atomic E-state index is 12.7. The Labute approximate surface area is 156 Å². The molecule has 2 saturated carbocycles. The summed E-state index contributed by atoms with van der Waals surface area (Å²) in [6, 6.07) is 2.15. The molecule has 2 unspecified atom stereocenters. The van der Waals surface area contributed by atoms with Gasteiger partial charge in [0.1, 0.15) is 5.76 Å². The summed E-state index contributed by atoms with van der Waals surface area (Å²) in [5, 5.41) is 4.24. The number of rotatable bonds is 5. The van der Waals surface area contributed by atoms with Crippen LogP contribution in [0.2, 0.25) is 0 Å². The molecule has 5 heteroatoms. The predicted octanol–water partition coefficient (Wildman–Crippen LogP) is 3.41. The average Bonchev–Trinajstić information content (AvgIpc) is 3.03. The number of hydrogen-bond acceptors (Lipinski definition) is 4. The van der Waals surface area contributed by atoms with Crippen molar-refractivity contribution in [2.24, 2.45) is 17.8 Å². The van der Waals surface area contributed by atoms with E-state index in [0.717, 1.165) is 75.3 Å². The number of piperidine rings is 1. The molecular formula is C21H31N3O2. The van der Waals surface area contributed by atoms with E-state index in [2.05, 4.69) is 21.0 Å². The second-order valence-corrected chi connectivity index (χ2v) is 9.17. The first-order valence-corrected chi connectivity index (χ1v) is 10.7. The number of carbonyl (C=O) groups is 1. The van der Waals surface area contributed by atoms with Gasteiger partial charge < -0.3 is 9.42 Å². The van der Waals surface area contributed by atoms with Crippen LogP contribution in [0.5, 0.6) is 0 Å². The van der Waals surface area contributed by atoms with Crippen molar-refractivity contribution >= 4 is 5.91 Å². The van der Waals surface area contributed by atoms with Crippen LogP contribution >= 0.6 is 0 Å². The van der Waals surface area contributed by atoms with Crippen molar-refractivity contribution in [3.8, 4) is 0 Å². The van der Waals surface area contributed by atoms with Crippen LogP contribution < -0.4 is 0 Å². The zero-order valence-corrected chi connectivity index (χ0v) is 15.7. The molecule has 5 rings (SSSR count). The molecule has 4 aliphatic rings. The van der Waals surface area contributed by atoms with Crippen molar-refractivity contribution < 1.29 is 9.32 Å². The third kappa shape index (κ3) is 3.55. The molecule has 26 heavy (non-hydrogen) atoms. The zero-order valence-electron chi connectivity index (χ0n) is 15.7. The lowest BCUT2D eigenvalue weighted by Gasteiger charge is -2.32. The largest absolute Gasteiger partial charge is 0.361 e. The first kappa shape index (κ1) is 16.8. The normalized spacial score (nSPS) is 30.1. The van der Waals surface area contributed by atoms with Crippen molar-refractivity contribution in [1.29, 1.82) is 0 Å². The lowest BCUT2D eigenvalue weighted by Crippen LogP contribution is -2.36. The Kier molecular flexibility index (Phi) is 4.51. The van der Waals surface area contributed by atoms with Crippen molar-refractivity contribution in [2.45, 2.75) is 63.8 Å². The van der Waals surface area contributed by atoms with Gasteiger partial charge in [-0.1, -0.05) is 11.6 Å². The van der Waals surface area contributed by atoms with E-state index < -0.39 is 0 Å². The minimum absolute atomic E-state index is 0.420. The maximum absolute atomic E-state index is 12.7. The van der Waals surface area contributed by atoms with Gasteiger partial charge in [-0.2, -0.15) is 0 Å². The molecule has 2 atom stereocenters. The number of carbonyl (C=O) groups excluding carboxylic acids is 1. The van der Waals surface area contributed by atoms with E-state index in [1.54, 1.807) is 0 Å². The highest BCUT2D eigenvalue weighted by Crippen LogP contribution is 2.40. The van der Waals surface area contributed by atoms with Crippen LogP contribution in [0.15, 0.2) is 10.6 Å². The summed E-state index contributed by atoms with van der Waals surface area (Å²) in [4.78, 5) is 17.3. The molecule has 1 aromatic heterocycles. The molecule has 2 aliphatic carbocycles. The highest BCUT2D eigenvalue weighted by molar-refractivity contribution is 5.76. The fraction of sp³-hybridized carbons (Fsp3) is 0.810. The van der Waals surface area contributed by atoms with E-state index in [0.29, 0.717) is 17.7 Å². The number of aromatic nitrogens is 1. The van der Waals surface area contributed by atoms with Crippen LogP contribution in [-0.4, -0.2) is 47.0 Å². The molecule has 142 valence electrons. The van der Waals surface area contributed by atoms with Crippen LogP contribution in [0.4, 0.5) is 0 Å². The third-order valence-electron chi connectivity index (χ3n) is 7.19. The van der Waals surface area contributed by atoms with Gasteiger partial charge in [0.15, 0.2) is 0 Å². The molecule has 1 aromatic rings. The molecule has 0 spiro atoms. The third-order valence-corrected chi connectivity index (χ3v) is 7.19. The quantitative estimate of drug-likeness (QED) is 0.810. The Hall–Kier alpha value is -1.36. The second-order valence-electron chi connectivity index (χ2n) is 9.17. The molecule has 2 aliphatic heterocycles. The summed E-state index contributed by atoms with van der Waals surface area (Å²) in [5.74, 6) is 4.32. The van der Waals surface area contributed by atoms with Crippen LogP contribution in [0.25, 0.3) is 0 Å². The summed E-state index contributed by atoms with van der Waals surface area (Å²) >= 11 is 0. The van der Waals surface area contributed by atoms with Crippen molar-refractivity contribution in [3.63, 3.8) is 0 Å². The maximum Gasteiger partial charge on any atom is 0.222 e.